The molecule has 1 aromatic rings. The van der Waals surface area contributed by atoms with E-state index >= 15 is 0 Å². The molecule has 1 aliphatic heterocycles. The van der Waals surface area contributed by atoms with Crippen LogP contribution < -0.4 is 16.0 Å². The number of nitrogens with one attached hydrogen (secondary N) is 1. The van der Waals surface area contributed by atoms with Gasteiger partial charge < -0.3 is 16.0 Å². The van der Waals surface area contributed by atoms with Crippen molar-refractivity contribution in [1.29, 1.82) is 0 Å². The van der Waals surface area contributed by atoms with Gasteiger partial charge in [0, 0.05) is 25.3 Å². The smallest absolute Gasteiger partial charge is 0.237 e. The zero-order valence-electron chi connectivity index (χ0n) is 12.2. The van der Waals surface area contributed by atoms with Crippen LogP contribution in [-0.4, -0.2) is 36.1 Å². The molecule has 1 fully saturated rings. The van der Waals surface area contributed by atoms with Crippen LogP contribution in [-0.2, 0) is 4.79 Å². The van der Waals surface area contributed by atoms with E-state index in [1.165, 1.54) is 0 Å². The molecule has 1 amide bonds. The molecule has 2 rings (SSSR count). The Morgan fingerprint density at radius 1 is 1.40 bits per heavy atom. The molecule has 110 valence electrons. The molecule has 1 aliphatic rings. The van der Waals surface area contributed by atoms with Crippen LogP contribution in [0.5, 0.6) is 0 Å². The van der Waals surface area contributed by atoms with Gasteiger partial charge in [0.2, 0.25) is 5.91 Å². The van der Waals surface area contributed by atoms with E-state index in [1.807, 2.05) is 38.2 Å². The first-order valence-corrected chi connectivity index (χ1v) is 7.30. The van der Waals surface area contributed by atoms with Gasteiger partial charge in [0.05, 0.1) is 6.04 Å². The molecule has 0 aromatic carbocycles. The molecule has 0 bridgehead atoms. The summed E-state index contributed by atoms with van der Waals surface area (Å²) in [6.07, 6.45) is 3.69. The first-order chi connectivity index (χ1) is 9.58. The van der Waals surface area contributed by atoms with Crippen molar-refractivity contribution in [3.8, 4) is 0 Å². The van der Waals surface area contributed by atoms with E-state index in [0.717, 1.165) is 31.7 Å². The van der Waals surface area contributed by atoms with Gasteiger partial charge in [-0.2, -0.15) is 0 Å². The number of nitrogens with zero attached hydrogens (tertiary/aromatic N) is 2. The summed E-state index contributed by atoms with van der Waals surface area (Å²) in [7, 11) is 0. The molecule has 0 aliphatic carbocycles. The highest BCUT2D eigenvalue weighted by molar-refractivity contribution is 5.82. The summed E-state index contributed by atoms with van der Waals surface area (Å²) in [6.45, 7) is 5.76. The van der Waals surface area contributed by atoms with E-state index in [0.29, 0.717) is 0 Å². The van der Waals surface area contributed by atoms with Crippen LogP contribution in [0.1, 0.15) is 26.7 Å². The normalized spacial score (nSPS) is 18.1. The lowest BCUT2D eigenvalue weighted by molar-refractivity contribution is -0.124. The first kappa shape index (κ1) is 14.8. The van der Waals surface area contributed by atoms with Crippen molar-refractivity contribution in [2.24, 2.45) is 11.7 Å². The molecule has 1 saturated heterocycles. The Morgan fingerprint density at radius 3 is 2.65 bits per heavy atom. The Morgan fingerprint density at radius 2 is 2.10 bits per heavy atom. The molecule has 1 aromatic heterocycles. The van der Waals surface area contributed by atoms with Gasteiger partial charge in [0.1, 0.15) is 5.82 Å². The highest BCUT2D eigenvalue weighted by atomic mass is 16.2. The summed E-state index contributed by atoms with van der Waals surface area (Å²) in [5.74, 6) is 1.15. The molecule has 2 heterocycles. The van der Waals surface area contributed by atoms with Crippen LogP contribution in [0.2, 0.25) is 0 Å². The summed E-state index contributed by atoms with van der Waals surface area (Å²) < 4.78 is 0. The third-order valence-corrected chi connectivity index (χ3v) is 3.84. The Balaban J connectivity index is 1.81. The van der Waals surface area contributed by atoms with Gasteiger partial charge >= 0.3 is 0 Å². The van der Waals surface area contributed by atoms with Gasteiger partial charge in [0.25, 0.3) is 0 Å². The lowest BCUT2D eigenvalue weighted by Crippen LogP contribution is -2.51. The van der Waals surface area contributed by atoms with Gasteiger partial charge in [0.15, 0.2) is 0 Å². The number of hydrogen-bond acceptors (Lipinski definition) is 4. The fraction of sp³-hybridized carbons (Fsp3) is 0.600. The van der Waals surface area contributed by atoms with Crippen LogP contribution >= 0.6 is 0 Å². The van der Waals surface area contributed by atoms with Crippen molar-refractivity contribution >= 4 is 11.7 Å². The number of aromatic nitrogens is 1. The number of amides is 1. The van der Waals surface area contributed by atoms with Gasteiger partial charge in [-0.1, -0.05) is 19.9 Å². The quantitative estimate of drug-likeness (QED) is 0.865. The van der Waals surface area contributed by atoms with Crippen molar-refractivity contribution < 1.29 is 4.79 Å². The molecular formula is C15H24N4O. The lowest BCUT2D eigenvalue weighted by atomic mass is 10.0. The lowest BCUT2D eigenvalue weighted by Gasteiger charge is -2.33. The predicted molar refractivity (Wildman–Crippen MR) is 80.4 cm³/mol. The van der Waals surface area contributed by atoms with Gasteiger partial charge in [-0.05, 0) is 30.9 Å². The van der Waals surface area contributed by atoms with Gasteiger partial charge in [-0.25, -0.2) is 4.98 Å². The summed E-state index contributed by atoms with van der Waals surface area (Å²) in [5, 5.41) is 3.06. The standard InChI is InChI=1S/C15H24N4O/c1-11(2)14(16)15(20)18-12-6-9-19(10-7-12)13-5-3-4-8-17-13/h3-5,8,11-12,14H,6-7,9-10,16H2,1-2H3,(H,18,20). The zero-order valence-corrected chi connectivity index (χ0v) is 12.2. The second-order valence-corrected chi connectivity index (χ2v) is 5.73. The minimum absolute atomic E-state index is 0.0312. The van der Waals surface area contributed by atoms with E-state index < -0.39 is 6.04 Å². The molecule has 0 radical (unpaired) electrons. The topological polar surface area (TPSA) is 71.2 Å². The number of rotatable bonds is 4. The Labute approximate surface area is 120 Å². The second kappa shape index (κ2) is 6.70. The van der Waals surface area contributed by atoms with Crippen molar-refractivity contribution in [3.63, 3.8) is 0 Å². The average Bonchev–Trinajstić information content (AvgIpc) is 2.48. The summed E-state index contributed by atoms with van der Waals surface area (Å²) >= 11 is 0. The Bertz CT molecular complexity index is 427. The third kappa shape index (κ3) is 3.70. The molecule has 5 nitrogen and oxygen atoms in total. The third-order valence-electron chi connectivity index (χ3n) is 3.84. The average molecular weight is 276 g/mol. The van der Waals surface area contributed by atoms with Crippen molar-refractivity contribution in [2.75, 3.05) is 18.0 Å². The maximum absolute atomic E-state index is 11.9. The van der Waals surface area contributed by atoms with Crippen LogP contribution in [0, 0.1) is 5.92 Å². The van der Waals surface area contributed by atoms with E-state index in [2.05, 4.69) is 15.2 Å². The minimum atomic E-state index is -0.413. The van der Waals surface area contributed by atoms with E-state index in [1.54, 1.807) is 0 Å². The fourth-order valence-corrected chi connectivity index (χ4v) is 2.39. The fourth-order valence-electron chi connectivity index (χ4n) is 2.39. The zero-order chi connectivity index (χ0) is 14.5. The highest BCUT2D eigenvalue weighted by Crippen LogP contribution is 2.17. The van der Waals surface area contributed by atoms with Crippen LogP contribution in [0.25, 0.3) is 0 Å². The van der Waals surface area contributed by atoms with E-state index in [4.69, 9.17) is 5.73 Å². The van der Waals surface area contributed by atoms with Crippen molar-refractivity contribution in [2.45, 2.75) is 38.8 Å². The number of piperidine rings is 1. The van der Waals surface area contributed by atoms with Gasteiger partial charge in [-0.3, -0.25) is 4.79 Å². The number of anilines is 1. The Kier molecular flexibility index (Phi) is 4.95. The molecule has 0 saturated carbocycles. The monoisotopic (exact) mass is 276 g/mol. The SMILES string of the molecule is CC(C)C(N)C(=O)NC1CCN(c2ccccn2)CC1. The van der Waals surface area contributed by atoms with Crippen molar-refractivity contribution in [1.82, 2.24) is 10.3 Å². The van der Waals surface area contributed by atoms with Crippen LogP contribution in [0.4, 0.5) is 5.82 Å². The summed E-state index contributed by atoms with van der Waals surface area (Å²) in [6, 6.07) is 5.76. The molecule has 1 atom stereocenters. The van der Waals surface area contributed by atoms with E-state index in [9.17, 15) is 4.79 Å². The molecule has 0 spiro atoms. The largest absolute Gasteiger partial charge is 0.356 e. The van der Waals surface area contributed by atoms with Crippen LogP contribution in [0.3, 0.4) is 0 Å². The van der Waals surface area contributed by atoms with E-state index in [-0.39, 0.29) is 17.9 Å². The highest BCUT2D eigenvalue weighted by Gasteiger charge is 2.24. The maximum Gasteiger partial charge on any atom is 0.237 e. The van der Waals surface area contributed by atoms with Gasteiger partial charge in [-0.15, -0.1) is 0 Å². The second-order valence-electron chi connectivity index (χ2n) is 5.73. The molecule has 3 N–H and O–H groups in total. The predicted octanol–water partition coefficient (Wildman–Crippen LogP) is 1.15. The number of hydrogen-bond donors (Lipinski definition) is 2. The Hall–Kier alpha value is -1.62. The molecule has 1 unspecified atom stereocenters. The first-order valence-electron chi connectivity index (χ1n) is 7.30. The number of nitrogens with two attached hydrogens (primary N) is 1. The maximum atomic E-state index is 11.9. The molecule has 5 heteroatoms. The van der Waals surface area contributed by atoms with Crippen LogP contribution in [0.15, 0.2) is 24.4 Å². The number of pyridine rings is 1. The summed E-state index contributed by atoms with van der Waals surface area (Å²) in [5.41, 5.74) is 5.86. The number of carbonyl (C=O) groups excluding carboxylic acids is 1. The molecule has 20 heavy (non-hydrogen) atoms. The summed E-state index contributed by atoms with van der Waals surface area (Å²) in [4.78, 5) is 18.6. The molecular weight excluding hydrogens is 252 g/mol. The minimum Gasteiger partial charge on any atom is -0.356 e. The number of carbonyl (C=O) groups is 1. The van der Waals surface area contributed by atoms with Crippen molar-refractivity contribution in [3.05, 3.63) is 24.4 Å².